The Kier molecular flexibility index (Phi) is 6.38. The number of hydrogen-bond donors (Lipinski definition) is 2. The van der Waals surface area contributed by atoms with E-state index in [1.165, 1.54) is 11.1 Å². The van der Waals surface area contributed by atoms with Crippen LogP contribution >= 0.6 is 12.4 Å². The lowest BCUT2D eigenvalue weighted by molar-refractivity contribution is -0.121. The zero-order valence-corrected chi connectivity index (χ0v) is 13.9. The summed E-state index contributed by atoms with van der Waals surface area (Å²) in [6.45, 7) is 6.12. The number of rotatable bonds is 4. The molecular formula is C17H22ClN3O. The van der Waals surface area contributed by atoms with Gasteiger partial charge in [-0.2, -0.15) is 0 Å². The lowest BCUT2D eigenvalue weighted by Crippen LogP contribution is -2.28. The first-order chi connectivity index (χ1) is 9.95. The zero-order valence-electron chi connectivity index (χ0n) is 13.1. The molecule has 22 heavy (non-hydrogen) atoms. The molecule has 0 radical (unpaired) electrons. The summed E-state index contributed by atoms with van der Waals surface area (Å²) in [5.41, 5.74) is 10.4. The number of nitrogens with one attached hydrogen (secondary N) is 1. The van der Waals surface area contributed by atoms with E-state index in [4.69, 9.17) is 5.73 Å². The Morgan fingerprint density at radius 1 is 1.27 bits per heavy atom. The molecule has 0 bridgehead atoms. The first-order valence-electron chi connectivity index (χ1n) is 7.02. The fourth-order valence-electron chi connectivity index (χ4n) is 2.39. The summed E-state index contributed by atoms with van der Waals surface area (Å²) in [5, 5.41) is 3.01. The predicted octanol–water partition coefficient (Wildman–Crippen LogP) is 3.12. The van der Waals surface area contributed by atoms with Crippen molar-refractivity contribution in [3.8, 4) is 0 Å². The molecule has 0 fully saturated rings. The lowest BCUT2D eigenvalue weighted by atomic mass is 10.00. The molecule has 2 aromatic rings. The van der Waals surface area contributed by atoms with Crippen LogP contribution in [0.25, 0.3) is 0 Å². The Bertz CT molecular complexity index is 641. The molecule has 0 saturated carbocycles. The summed E-state index contributed by atoms with van der Waals surface area (Å²) in [4.78, 5) is 16.2. The molecular weight excluding hydrogens is 298 g/mol. The molecule has 0 saturated heterocycles. The summed E-state index contributed by atoms with van der Waals surface area (Å²) in [6.07, 6.45) is 1.83. The van der Waals surface area contributed by atoms with Gasteiger partial charge in [-0.3, -0.25) is 9.78 Å². The molecule has 1 unspecified atom stereocenters. The second-order valence-electron chi connectivity index (χ2n) is 5.41. The number of carbonyl (C=O) groups is 1. The van der Waals surface area contributed by atoms with Crippen molar-refractivity contribution in [2.45, 2.75) is 33.2 Å². The van der Waals surface area contributed by atoms with Gasteiger partial charge >= 0.3 is 0 Å². The van der Waals surface area contributed by atoms with E-state index in [2.05, 4.69) is 42.3 Å². The van der Waals surface area contributed by atoms with Crippen LogP contribution in [-0.4, -0.2) is 10.9 Å². The van der Waals surface area contributed by atoms with E-state index in [0.29, 0.717) is 5.69 Å². The number of nitrogens with two attached hydrogens (primary N) is 1. The van der Waals surface area contributed by atoms with Crippen molar-refractivity contribution in [1.82, 2.24) is 10.3 Å². The minimum atomic E-state index is -0.0419. The summed E-state index contributed by atoms with van der Waals surface area (Å²) >= 11 is 0. The Labute approximate surface area is 137 Å². The van der Waals surface area contributed by atoms with Gasteiger partial charge in [0.1, 0.15) is 0 Å². The highest BCUT2D eigenvalue weighted by atomic mass is 35.5. The van der Waals surface area contributed by atoms with Crippen molar-refractivity contribution in [3.05, 3.63) is 58.9 Å². The number of nitrogen functional groups attached to an aromatic ring is 1. The largest absolute Gasteiger partial charge is 0.397 e. The van der Waals surface area contributed by atoms with Crippen LogP contribution in [0.1, 0.15) is 35.3 Å². The third-order valence-corrected chi connectivity index (χ3v) is 3.46. The van der Waals surface area contributed by atoms with Crippen molar-refractivity contribution in [1.29, 1.82) is 0 Å². The first-order valence-corrected chi connectivity index (χ1v) is 7.02. The monoisotopic (exact) mass is 319 g/mol. The van der Waals surface area contributed by atoms with Crippen molar-refractivity contribution >= 4 is 24.0 Å². The Morgan fingerprint density at radius 2 is 2.00 bits per heavy atom. The Hall–Kier alpha value is -2.07. The maximum absolute atomic E-state index is 12.1. The van der Waals surface area contributed by atoms with Gasteiger partial charge in [-0.15, -0.1) is 12.4 Å². The molecule has 0 spiro atoms. The van der Waals surface area contributed by atoms with E-state index >= 15 is 0 Å². The number of pyridine rings is 1. The van der Waals surface area contributed by atoms with Gasteiger partial charge in [-0.1, -0.05) is 23.8 Å². The highest BCUT2D eigenvalue weighted by Gasteiger charge is 2.12. The second kappa shape index (κ2) is 7.80. The average Bonchev–Trinajstić information content (AvgIpc) is 2.41. The van der Waals surface area contributed by atoms with Gasteiger partial charge < -0.3 is 11.1 Å². The average molecular weight is 320 g/mol. The summed E-state index contributed by atoms with van der Waals surface area (Å²) in [7, 11) is 0. The highest BCUT2D eigenvalue weighted by molar-refractivity contribution is 5.85. The minimum Gasteiger partial charge on any atom is -0.397 e. The number of carbonyl (C=O) groups excluding carboxylic acids is 1. The van der Waals surface area contributed by atoms with Gasteiger partial charge in [-0.05, 0) is 44.0 Å². The number of halogens is 1. The maximum atomic E-state index is 12.1. The van der Waals surface area contributed by atoms with E-state index in [0.717, 1.165) is 11.3 Å². The third-order valence-electron chi connectivity index (χ3n) is 3.46. The van der Waals surface area contributed by atoms with Crippen LogP contribution in [0, 0.1) is 13.8 Å². The molecule has 0 aliphatic carbocycles. The number of aromatic nitrogens is 1. The topological polar surface area (TPSA) is 68.0 Å². The van der Waals surface area contributed by atoms with Crippen LogP contribution in [-0.2, 0) is 11.2 Å². The number of aryl methyl sites for hydroxylation is 2. The van der Waals surface area contributed by atoms with Gasteiger partial charge in [0.15, 0.2) is 0 Å². The number of anilines is 1. The van der Waals surface area contributed by atoms with Crippen LogP contribution in [0.3, 0.4) is 0 Å². The molecule has 1 heterocycles. The summed E-state index contributed by atoms with van der Waals surface area (Å²) in [5.74, 6) is -0.0419. The molecule has 5 heteroatoms. The van der Waals surface area contributed by atoms with Crippen LogP contribution in [0.2, 0.25) is 0 Å². The molecule has 4 nitrogen and oxygen atoms in total. The van der Waals surface area contributed by atoms with Crippen LogP contribution in [0.4, 0.5) is 5.69 Å². The first kappa shape index (κ1) is 18.0. The smallest absolute Gasteiger partial charge is 0.226 e. The van der Waals surface area contributed by atoms with E-state index < -0.39 is 0 Å². The van der Waals surface area contributed by atoms with Crippen molar-refractivity contribution in [3.63, 3.8) is 0 Å². The van der Waals surface area contributed by atoms with Gasteiger partial charge in [0.2, 0.25) is 5.91 Å². The van der Waals surface area contributed by atoms with E-state index in [1.807, 2.05) is 6.92 Å². The van der Waals surface area contributed by atoms with E-state index in [-0.39, 0.29) is 30.8 Å². The van der Waals surface area contributed by atoms with Crippen molar-refractivity contribution < 1.29 is 4.79 Å². The van der Waals surface area contributed by atoms with Gasteiger partial charge in [0.25, 0.3) is 0 Å². The fraction of sp³-hybridized carbons (Fsp3) is 0.294. The summed E-state index contributed by atoms with van der Waals surface area (Å²) < 4.78 is 0. The Morgan fingerprint density at radius 3 is 2.59 bits per heavy atom. The highest BCUT2D eigenvalue weighted by Crippen LogP contribution is 2.18. The zero-order chi connectivity index (χ0) is 15.4. The van der Waals surface area contributed by atoms with Crippen LogP contribution in [0.5, 0.6) is 0 Å². The van der Waals surface area contributed by atoms with Crippen molar-refractivity contribution in [2.24, 2.45) is 0 Å². The Balaban J connectivity index is 0.00000242. The molecule has 1 amide bonds. The molecule has 1 aromatic heterocycles. The molecule has 1 aromatic carbocycles. The van der Waals surface area contributed by atoms with Gasteiger partial charge in [-0.25, -0.2) is 0 Å². The molecule has 3 N–H and O–H groups in total. The fourth-order valence-corrected chi connectivity index (χ4v) is 2.39. The summed E-state index contributed by atoms with van der Waals surface area (Å²) in [6, 6.07) is 9.76. The van der Waals surface area contributed by atoms with E-state index in [9.17, 15) is 4.79 Å². The molecule has 0 aliphatic heterocycles. The minimum absolute atomic E-state index is 0. The number of nitrogens with zero attached hydrogens (tertiary/aromatic N) is 1. The van der Waals surface area contributed by atoms with Gasteiger partial charge in [0, 0.05) is 5.69 Å². The SMILES string of the molecule is Cc1ccc(C(C)NC(=O)Cc2ccc(N)cn2)c(C)c1.Cl. The molecule has 2 rings (SSSR count). The second-order valence-corrected chi connectivity index (χ2v) is 5.41. The van der Waals surface area contributed by atoms with Crippen molar-refractivity contribution in [2.75, 3.05) is 5.73 Å². The quantitative estimate of drug-likeness (QED) is 0.909. The maximum Gasteiger partial charge on any atom is 0.226 e. The number of amides is 1. The van der Waals surface area contributed by atoms with Crippen LogP contribution < -0.4 is 11.1 Å². The molecule has 0 aliphatic rings. The predicted molar refractivity (Wildman–Crippen MR) is 92.1 cm³/mol. The molecule has 118 valence electrons. The molecule has 1 atom stereocenters. The lowest BCUT2D eigenvalue weighted by Gasteiger charge is -2.17. The normalized spacial score (nSPS) is 11.4. The van der Waals surface area contributed by atoms with Gasteiger partial charge in [0.05, 0.1) is 24.3 Å². The number of hydrogen-bond acceptors (Lipinski definition) is 3. The van der Waals surface area contributed by atoms with Crippen LogP contribution in [0.15, 0.2) is 36.5 Å². The standard InChI is InChI=1S/C17H21N3O.ClH/c1-11-4-7-16(12(2)8-11)13(3)20-17(21)9-15-6-5-14(18)10-19-15;/h4-8,10,13H,9,18H2,1-3H3,(H,20,21);1H. The van der Waals surface area contributed by atoms with E-state index in [1.54, 1.807) is 18.3 Å². The third kappa shape index (κ3) is 4.74. The number of benzene rings is 1.